The monoisotopic (exact) mass is 580 g/mol. The van der Waals surface area contributed by atoms with Gasteiger partial charge in [0.2, 0.25) is 11.8 Å². The molecule has 4 rings (SSSR count). The highest BCUT2D eigenvalue weighted by Gasteiger charge is 2.55. The fourth-order valence-corrected chi connectivity index (χ4v) is 5.78. The van der Waals surface area contributed by atoms with Gasteiger partial charge in [-0.15, -0.1) is 0 Å². The van der Waals surface area contributed by atoms with E-state index < -0.39 is 35.7 Å². The first-order chi connectivity index (χ1) is 19.8. The molecule has 228 valence electrons. The third kappa shape index (κ3) is 6.61. The van der Waals surface area contributed by atoms with Crippen molar-refractivity contribution < 1.29 is 23.9 Å². The van der Waals surface area contributed by atoms with Gasteiger partial charge in [-0.3, -0.25) is 14.9 Å². The van der Waals surface area contributed by atoms with Crippen molar-refractivity contribution in [1.29, 1.82) is 0 Å². The van der Waals surface area contributed by atoms with Gasteiger partial charge in [0.15, 0.2) is 0 Å². The number of likely N-dealkylation sites (tertiary alicyclic amines) is 2. The van der Waals surface area contributed by atoms with E-state index in [2.05, 4.69) is 21.3 Å². The fraction of sp³-hybridized carbons (Fsp3) is 0.548. The zero-order valence-electron chi connectivity index (χ0n) is 25.6. The van der Waals surface area contributed by atoms with E-state index in [1.54, 1.807) is 29.8 Å². The first-order valence-electron chi connectivity index (χ1n) is 14.6. The standard InChI is InChI=1S/C31H44N6O5/c1-18(2)33-29(40)37-17-24(42-30(41)34-22-14-10-12-20-11-8-9-13-21(20)22)25-23(37)15-16-36(25)28(39)26(31(4,5)6)35-27(38)19(3)32-7/h8-14,18-19,23-26,32H,15-17H2,1-7H3,(H,33,40)(H,34,41)(H,35,38). The SMILES string of the molecule is CNC(C)C(=O)NC(C(=O)N1CCC2C1C(OC(=O)Nc1cccc3ccccc13)CN2C(=O)NC(C)C)C(C)(C)C. The quantitative estimate of drug-likeness (QED) is 0.398. The van der Waals surface area contributed by atoms with Crippen molar-refractivity contribution in [3.63, 3.8) is 0 Å². The molecule has 11 nitrogen and oxygen atoms in total. The van der Waals surface area contributed by atoms with Crippen LogP contribution in [-0.4, -0.2) is 90.2 Å². The number of ether oxygens (including phenoxy) is 1. The molecule has 2 aliphatic rings. The van der Waals surface area contributed by atoms with E-state index >= 15 is 0 Å². The van der Waals surface area contributed by atoms with E-state index in [0.29, 0.717) is 18.7 Å². The predicted molar refractivity (Wildman–Crippen MR) is 162 cm³/mol. The predicted octanol–water partition coefficient (Wildman–Crippen LogP) is 3.30. The summed E-state index contributed by atoms with van der Waals surface area (Å²) in [5.74, 6) is -0.547. The third-order valence-electron chi connectivity index (χ3n) is 8.04. The summed E-state index contributed by atoms with van der Waals surface area (Å²) < 4.78 is 5.98. The number of fused-ring (bicyclic) bond motifs is 2. The van der Waals surface area contributed by atoms with Gasteiger partial charge in [-0.1, -0.05) is 57.2 Å². The summed E-state index contributed by atoms with van der Waals surface area (Å²) in [7, 11) is 1.68. The molecule has 0 spiro atoms. The van der Waals surface area contributed by atoms with Crippen LogP contribution >= 0.6 is 0 Å². The van der Waals surface area contributed by atoms with Gasteiger partial charge in [-0.2, -0.15) is 0 Å². The minimum Gasteiger partial charge on any atom is -0.442 e. The number of nitrogens with zero attached hydrogens (tertiary/aromatic N) is 2. The highest BCUT2D eigenvalue weighted by atomic mass is 16.6. The van der Waals surface area contributed by atoms with Gasteiger partial charge < -0.3 is 30.5 Å². The zero-order valence-corrected chi connectivity index (χ0v) is 25.6. The third-order valence-corrected chi connectivity index (χ3v) is 8.04. The summed E-state index contributed by atoms with van der Waals surface area (Å²) in [6.45, 7) is 11.7. The normalized spacial score (nSPS) is 21.6. The smallest absolute Gasteiger partial charge is 0.412 e. The molecule has 5 atom stereocenters. The average Bonchev–Trinajstić information content (AvgIpc) is 3.51. The lowest BCUT2D eigenvalue weighted by Gasteiger charge is -2.37. The molecule has 2 fully saturated rings. The van der Waals surface area contributed by atoms with E-state index in [-0.39, 0.29) is 36.5 Å². The Hall–Kier alpha value is -3.86. The molecule has 4 N–H and O–H groups in total. The van der Waals surface area contributed by atoms with Gasteiger partial charge >= 0.3 is 12.1 Å². The molecule has 0 bridgehead atoms. The number of rotatable bonds is 7. The molecule has 2 aromatic rings. The van der Waals surface area contributed by atoms with Crippen molar-refractivity contribution in [3.8, 4) is 0 Å². The maximum Gasteiger partial charge on any atom is 0.412 e. The summed E-state index contributed by atoms with van der Waals surface area (Å²) in [5.41, 5.74) is 0.0174. The van der Waals surface area contributed by atoms with E-state index in [1.807, 2.05) is 71.0 Å². The summed E-state index contributed by atoms with van der Waals surface area (Å²) >= 11 is 0. The van der Waals surface area contributed by atoms with Crippen LogP contribution in [0.2, 0.25) is 0 Å². The Kier molecular flexibility index (Phi) is 9.30. The highest BCUT2D eigenvalue weighted by Crippen LogP contribution is 2.36. The minimum absolute atomic E-state index is 0.0839. The van der Waals surface area contributed by atoms with Crippen molar-refractivity contribution >= 4 is 40.4 Å². The fourth-order valence-electron chi connectivity index (χ4n) is 5.78. The summed E-state index contributed by atoms with van der Waals surface area (Å²) in [4.78, 5) is 56.7. The van der Waals surface area contributed by atoms with Crippen molar-refractivity contribution in [2.24, 2.45) is 5.41 Å². The first kappa shape index (κ1) is 31.1. The molecule has 2 saturated heterocycles. The second-order valence-electron chi connectivity index (χ2n) is 12.5. The molecule has 2 heterocycles. The number of likely N-dealkylation sites (N-methyl/N-ethyl adjacent to an activating group) is 1. The Balaban J connectivity index is 1.60. The maximum absolute atomic E-state index is 14.1. The summed E-state index contributed by atoms with van der Waals surface area (Å²) in [6, 6.07) is 10.8. The van der Waals surface area contributed by atoms with Crippen molar-refractivity contribution in [3.05, 3.63) is 42.5 Å². The summed E-state index contributed by atoms with van der Waals surface area (Å²) in [6.07, 6.45) is -0.893. The number of amides is 5. The molecule has 2 aliphatic heterocycles. The Morgan fingerprint density at radius 2 is 1.64 bits per heavy atom. The number of hydrogen-bond donors (Lipinski definition) is 4. The molecular formula is C31H44N6O5. The number of benzene rings is 2. The maximum atomic E-state index is 14.1. The molecule has 42 heavy (non-hydrogen) atoms. The van der Waals surface area contributed by atoms with E-state index in [4.69, 9.17) is 4.74 Å². The number of carbonyl (C=O) groups excluding carboxylic acids is 4. The second-order valence-corrected chi connectivity index (χ2v) is 12.5. The Morgan fingerprint density at radius 3 is 2.31 bits per heavy atom. The number of anilines is 1. The van der Waals surface area contributed by atoms with Crippen LogP contribution in [-0.2, 0) is 14.3 Å². The van der Waals surface area contributed by atoms with E-state index in [0.717, 1.165) is 10.8 Å². The Morgan fingerprint density at radius 1 is 0.952 bits per heavy atom. The van der Waals surface area contributed by atoms with Crippen molar-refractivity contribution in [1.82, 2.24) is 25.8 Å². The van der Waals surface area contributed by atoms with Crippen LogP contribution in [0, 0.1) is 5.41 Å². The van der Waals surface area contributed by atoms with Crippen LogP contribution in [0.15, 0.2) is 42.5 Å². The lowest BCUT2D eigenvalue weighted by molar-refractivity contribution is -0.141. The molecule has 5 unspecified atom stereocenters. The van der Waals surface area contributed by atoms with Gasteiger partial charge in [-0.25, -0.2) is 9.59 Å². The molecular weight excluding hydrogens is 536 g/mol. The number of carbonyl (C=O) groups is 4. The van der Waals surface area contributed by atoms with Crippen LogP contribution in [0.3, 0.4) is 0 Å². The number of hydrogen-bond acceptors (Lipinski definition) is 6. The van der Waals surface area contributed by atoms with Crippen LogP contribution in [0.5, 0.6) is 0 Å². The van der Waals surface area contributed by atoms with E-state index in [9.17, 15) is 19.2 Å². The summed E-state index contributed by atoms with van der Waals surface area (Å²) in [5, 5.41) is 13.5. The van der Waals surface area contributed by atoms with Crippen LogP contribution < -0.4 is 21.3 Å². The molecule has 2 aromatic carbocycles. The lowest BCUT2D eigenvalue weighted by atomic mass is 9.85. The average molecular weight is 581 g/mol. The van der Waals surface area contributed by atoms with E-state index in [1.165, 1.54) is 0 Å². The minimum atomic E-state index is -0.816. The number of urea groups is 1. The molecule has 0 aromatic heterocycles. The van der Waals surface area contributed by atoms with Gasteiger partial charge in [0.1, 0.15) is 12.1 Å². The second kappa shape index (κ2) is 12.6. The van der Waals surface area contributed by atoms with Crippen LogP contribution in [0.1, 0.15) is 48.0 Å². The lowest BCUT2D eigenvalue weighted by Crippen LogP contribution is -2.59. The van der Waals surface area contributed by atoms with Crippen LogP contribution in [0.4, 0.5) is 15.3 Å². The van der Waals surface area contributed by atoms with Gasteiger partial charge in [-0.05, 0) is 51.1 Å². The van der Waals surface area contributed by atoms with Crippen molar-refractivity contribution in [2.45, 2.75) is 84.3 Å². The van der Waals surface area contributed by atoms with Crippen LogP contribution in [0.25, 0.3) is 10.8 Å². The van der Waals surface area contributed by atoms with Gasteiger partial charge in [0, 0.05) is 18.0 Å². The highest BCUT2D eigenvalue weighted by molar-refractivity contribution is 6.00. The van der Waals surface area contributed by atoms with Gasteiger partial charge in [0.25, 0.3) is 0 Å². The molecule has 0 aliphatic carbocycles. The molecule has 0 radical (unpaired) electrons. The molecule has 11 heteroatoms. The Bertz CT molecular complexity index is 1320. The number of nitrogens with one attached hydrogen (secondary N) is 4. The molecule has 0 saturated carbocycles. The Labute approximate surface area is 247 Å². The van der Waals surface area contributed by atoms with Gasteiger partial charge in [0.05, 0.1) is 30.4 Å². The molecule has 5 amide bonds. The first-order valence-corrected chi connectivity index (χ1v) is 14.6. The zero-order chi connectivity index (χ0) is 30.8. The topological polar surface area (TPSA) is 132 Å². The van der Waals surface area contributed by atoms with Crippen molar-refractivity contribution in [2.75, 3.05) is 25.5 Å². The largest absolute Gasteiger partial charge is 0.442 e.